The zero-order valence-corrected chi connectivity index (χ0v) is 9.96. The Labute approximate surface area is 96.2 Å². The number of rotatable bonds is 2. The summed E-state index contributed by atoms with van der Waals surface area (Å²) >= 11 is 3.00. The van der Waals surface area contributed by atoms with Crippen molar-refractivity contribution in [2.75, 3.05) is 0 Å². The fraction of sp³-hybridized carbons (Fsp3) is 0.333. The van der Waals surface area contributed by atoms with Crippen molar-refractivity contribution in [1.29, 1.82) is 0 Å². The maximum Gasteiger partial charge on any atom is 0.132 e. The molecule has 0 spiro atoms. The van der Waals surface area contributed by atoms with Crippen molar-refractivity contribution in [3.05, 3.63) is 33.8 Å². The summed E-state index contributed by atoms with van der Waals surface area (Å²) in [5.41, 5.74) is 5.51. The second kappa shape index (κ2) is 5.63. The van der Waals surface area contributed by atoms with Crippen molar-refractivity contribution < 1.29 is 8.78 Å². The lowest BCUT2D eigenvalue weighted by atomic mass is 10.0. The third kappa shape index (κ3) is 2.90. The van der Waals surface area contributed by atoms with Gasteiger partial charge in [-0.3, -0.25) is 0 Å². The Kier molecular flexibility index (Phi) is 5.56. The van der Waals surface area contributed by atoms with Crippen LogP contribution in [0.15, 0.2) is 16.6 Å². The molecule has 0 aliphatic rings. The molecular formula is C9H11BrClF2N. The molecule has 2 N–H and O–H groups in total. The molecule has 0 heterocycles. The van der Waals surface area contributed by atoms with Crippen LogP contribution in [-0.4, -0.2) is 0 Å². The van der Waals surface area contributed by atoms with Crippen LogP contribution in [0.3, 0.4) is 0 Å². The van der Waals surface area contributed by atoms with Crippen LogP contribution in [0.5, 0.6) is 0 Å². The standard InChI is InChI=1S/C9H10BrF2N.ClH/c1-2-8(13)9-6(11)3-5(10)4-7(9)12;/h3-4,8H,2,13H2,1H3;1H/t8-;/m0./s1. The maximum atomic E-state index is 13.2. The smallest absolute Gasteiger partial charge is 0.132 e. The van der Waals surface area contributed by atoms with Crippen molar-refractivity contribution in [3.63, 3.8) is 0 Å². The van der Waals surface area contributed by atoms with E-state index in [-0.39, 0.29) is 18.0 Å². The molecule has 0 amide bonds. The first-order chi connectivity index (χ1) is 6.06. The molecule has 1 nitrogen and oxygen atoms in total. The molecule has 0 radical (unpaired) electrons. The number of nitrogens with two attached hydrogens (primary N) is 1. The van der Waals surface area contributed by atoms with Crippen molar-refractivity contribution in [1.82, 2.24) is 0 Å². The van der Waals surface area contributed by atoms with Gasteiger partial charge in [-0.25, -0.2) is 8.78 Å². The Morgan fingerprint density at radius 2 is 1.79 bits per heavy atom. The number of halogens is 4. The quantitative estimate of drug-likeness (QED) is 0.884. The van der Waals surface area contributed by atoms with Crippen molar-refractivity contribution in [2.45, 2.75) is 19.4 Å². The minimum absolute atomic E-state index is 0. The first kappa shape index (κ1) is 13.8. The van der Waals surface area contributed by atoms with E-state index >= 15 is 0 Å². The van der Waals surface area contributed by atoms with Crippen LogP contribution >= 0.6 is 28.3 Å². The topological polar surface area (TPSA) is 26.0 Å². The van der Waals surface area contributed by atoms with Crippen molar-refractivity contribution in [2.24, 2.45) is 5.73 Å². The fourth-order valence-electron chi connectivity index (χ4n) is 1.11. The molecule has 0 aromatic heterocycles. The zero-order valence-electron chi connectivity index (χ0n) is 7.56. The molecule has 14 heavy (non-hydrogen) atoms. The van der Waals surface area contributed by atoms with Crippen LogP contribution in [0.1, 0.15) is 24.9 Å². The molecule has 0 unspecified atom stereocenters. The number of hydrogen-bond acceptors (Lipinski definition) is 1. The lowest BCUT2D eigenvalue weighted by Gasteiger charge is -2.11. The van der Waals surface area contributed by atoms with E-state index in [0.29, 0.717) is 10.9 Å². The van der Waals surface area contributed by atoms with Crippen LogP contribution < -0.4 is 5.73 Å². The molecule has 0 saturated heterocycles. The van der Waals surface area contributed by atoms with Crippen LogP contribution in [0.2, 0.25) is 0 Å². The van der Waals surface area contributed by atoms with Gasteiger partial charge in [-0.1, -0.05) is 22.9 Å². The molecule has 0 saturated carbocycles. The molecule has 1 aromatic carbocycles. The van der Waals surface area contributed by atoms with Crippen LogP contribution in [0.4, 0.5) is 8.78 Å². The van der Waals surface area contributed by atoms with Crippen LogP contribution in [0.25, 0.3) is 0 Å². The molecular weight excluding hydrogens is 275 g/mol. The van der Waals surface area contributed by atoms with Gasteiger partial charge in [0.05, 0.1) is 0 Å². The van der Waals surface area contributed by atoms with E-state index in [1.807, 2.05) is 0 Å². The van der Waals surface area contributed by atoms with Gasteiger partial charge in [0.15, 0.2) is 0 Å². The van der Waals surface area contributed by atoms with E-state index in [9.17, 15) is 8.78 Å². The van der Waals surface area contributed by atoms with Gasteiger partial charge in [-0.2, -0.15) is 0 Å². The molecule has 0 aliphatic carbocycles. The fourth-order valence-corrected chi connectivity index (χ4v) is 1.51. The summed E-state index contributed by atoms with van der Waals surface area (Å²) in [5, 5.41) is 0. The van der Waals surface area contributed by atoms with Gasteiger partial charge < -0.3 is 5.73 Å². The highest BCUT2D eigenvalue weighted by molar-refractivity contribution is 9.10. The number of hydrogen-bond donors (Lipinski definition) is 1. The molecule has 0 aliphatic heterocycles. The number of benzene rings is 1. The SMILES string of the molecule is CC[C@H](N)c1c(F)cc(Br)cc1F.Cl. The second-order valence-corrected chi connectivity index (χ2v) is 3.71. The average molecular weight is 287 g/mol. The van der Waals surface area contributed by atoms with E-state index in [1.165, 1.54) is 12.1 Å². The molecule has 0 bridgehead atoms. The third-order valence-corrected chi connectivity index (χ3v) is 2.31. The van der Waals surface area contributed by atoms with Crippen LogP contribution in [0, 0.1) is 11.6 Å². The molecule has 80 valence electrons. The summed E-state index contributed by atoms with van der Waals surface area (Å²) in [6, 6.07) is 1.86. The lowest BCUT2D eigenvalue weighted by Crippen LogP contribution is -2.13. The summed E-state index contributed by atoms with van der Waals surface area (Å²) in [6.07, 6.45) is 0.509. The molecule has 1 atom stereocenters. The van der Waals surface area contributed by atoms with Gasteiger partial charge in [0.25, 0.3) is 0 Å². The highest BCUT2D eigenvalue weighted by atomic mass is 79.9. The Bertz CT molecular complexity index is 297. The Hall–Kier alpha value is -0.190. The van der Waals surface area contributed by atoms with Crippen LogP contribution in [-0.2, 0) is 0 Å². The largest absolute Gasteiger partial charge is 0.324 e. The first-order valence-corrected chi connectivity index (χ1v) is 4.75. The first-order valence-electron chi connectivity index (χ1n) is 3.96. The monoisotopic (exact) mass is 285 g/mol. The Balaban J connectivity index is 0.00000169. The van der Waals surface area contributed by atoms with Gasteiger partial charge in [0, 0.05) is 16.1 Å². The summed E-state index contributed by atoms with van der Waals surface area (Å²) in [4.78, 5) is 0. The van der Waals surface area contributed by atoms with E-state index < -0.39 is 17.7 Å². The molecule has 5 heteroatoms. The summed E-state index contributed by atoms with van der Waals surface area (Å²) < 4.78 is 26.8. The van der Waals surface area contributed by atoms with Crippen molar-refractivity contribution >= 4 is 28.3 Å². The van der Waals surface area contributed by atoms with E-state index in [1.54, 1.807) is 6.92 Å². The highest BCUT2D eigenvalue weighted by Gasteiger charge is 2.15. The predicted molar refractivity (Wildman–Crippen MR) is 58.5 cm³/mol. The predicted octanol–water partition coefficient (Wildman–Crippen LogP) is 3.56. The summed E-state index contributed by atoms with van der Waals surface area (Å²) in [5.74, 6) is -1.19. The van der Waals surface area contributed by atoms with Gasteiger partial charge in [-0.15, -0.1) is 12.4 Å². The zero-order chi connectivity index (χ0) is 10.0. The maximum absolute atomic E-state index is 13.2. The molecule has 1 aromatic rings. The normalized spacial score (nSPS) is 12.1. The third-order valence-electron chi connectivity index (χ3n) is 1.85. The minimum Gasteiger partial charge on any atom is -0.324 e. The molecule has 1 rings (SSSR count). The lowest BCUT2D eigenvalue weighted by molar-refractivity contribution is 0.519. The van der Waals surface area contributed by atoms with Gasteiger partial charge in [0.2, 0.25) is 0 Å². The van der Waals surface area contributed by atoms with Gasteiger partial charge >= 0.3 is 0 Å². The Morgan fingerprint density at radius 3 is 2.14 bits per heavy atom. The van der Waals surface area contributed by atoms with E-state index in [2.05, 4.69) is 15.9 Å². The average Bonchev–Trinajstić information content (AvgIpc) is 2.02. The minimum atomic E-state index is -0.596. The Morgan fingerprint density at radius 1 is 1.36 bits per heavy atom. The second-order valence-electron chi connectivity index (χ2n) is 2.80. The van der Waals surface area contributed by atoms with Gasteiger partial charge in [-0.05, 0) is 18.6 Å². The van der Waals surface area contributed by atoms with E-state index in [0.717, 1.165) is 0 Å². The molecule has 0 fully saturated rings. The summed E-state index contributed by atoms with van der Waals surface area (Å²) in [7, 11) is 0. The van der Waals surface area contributed by atoms with E-state index in [4.69, 9.17) is 5.73 Å². The highest BCUT2D eigenvalue weighted by Crippen LogP contribution is 2.24. The van der Waals surface area contributed by atoms with Crippen molar-refractivity contribution in [3.8, 4) is 0 Å². The summed E-state index contributed by atoms with van der Waals surface area (Å²) in [6.45, 7) is 1.78. The van der Waals surface area contributed by atoms with Gasteiger partial charge in [0.1, 0.15) is 11.6 Å².